The smallest absolute Gasteiger partial charge is 0.134 e. The van der Waals surface area contributed by atoms with Crippen molar-refractivity contribution < 1.29 is 0 Å². The van der Waals surface area contributed by atoms with E-state index in [1.807, 2.05) is 0 Å². The van der Waals surface area contributed by atoms with Crippen molar-refractivity contribution in [2.45, 2.75) is 58.4 Å². The van der Waals surface area contributed by atoms with Gasteiger partial charge in [0.1, 0.15) is 18.0 Å². The molecule has 0 radical (unpaired) electrons. The van der Waals surface area contributed by atoms with Crippen LogP contribution in [0.4, 0.5) is 11.6 Å². The van der Waals surface area contributed by atoms with Crippen LogP contribution in [0.15, 0.2) is 6.33 Å². The Morgan fingerprint density at radius 1 is 1.17 bits per heavy atom. The lowest BCUT2D eigenvalue weighted by atomic mass is 10.1. The standard InChI is InChI=1S/C14H24N4/c1-3-7-12-13(15-4-2)16-10-17-14(12)18-11-8-5-6-9-11/h10-11H,3-9H2,1-2H3,(H2,15,16,17,18). The van der Waals surface area contributed by atoms with Crippen molar-refractivity contribution in [2.75, 3.05) is 17.2 Å². The van der Waals surface area contributed by atoms with E-state index >= 15 is 0 Å². The van der Waals surface area contributed by atoms with Crippen LogP contribution in [0, 0.1) is 0 Å². The summed E-state index contributed by atoms with van der Waals surface area (Å²) in [4.78, 5) is 8.80. The summed E-state index contributed by atoms with van der Waals surface area (Å²) in [6.07, 6.45) is 9.02. The van der Waals surface area contributed by atoms with Gasteiger partial charge in [-0.15, -0.1) is 0 Å². The van der Waals surface area contributed by atoms with Gasteiger partial charge in [-0.05, 0) is 26.2 Å². The number of anilines is 2. The van der Waals surface area contributed by atoms with Crippen molar-refractivity contribution >= 4 is 11.6 Å². The third kappa shape index (κ3) is 3.12. The second kappa shape index (κ2) is 6.57. The summed E-state index contributed by atoms with van der Waals surface area (Å²) in [5.74, 6) is 2.03. The molecule has 0 unspecified atom stereocenters. The Morgan fingerprint density at radius 2 is 1.89 bits per heavy atom. The molecule has 0 spiro atoms. The van der Waals surface area contributed by atoms with E-state index in [1.165, 1.54) is 31.2 Å². The van der Waals surface area contributed by atoms with Crippen molar-refractivity contribution in [2.24, 2.45) is 0 Å². The fourth-order valence-electron chi connectivity index (χ4n) is 2.61. The summed E-state index contributed by atoms with van der Waals surface area (Å²) in [5.41, 5.74) is 1.24. The number of rotatable bonds is 6. The van der Waals surface area contributed by atoms with Crippen molar-refractivity contribution in [3.8, 4) is 0 Å². The molecular formula is C14H24N4. The van der Waals surface area contributed by atoms with Gasteiger partial charge in [0, 0.05) is 18.2 Å². The SMILES string of the molecule is CCCc1c(NCC)ncnc1NC1CCCC1. The van der Waals surface area contributed by atoms with Gasteiger partial charge in [-0.1, -0.05) is 26.2 Å². The Balaban J connectivity index is 2.17. The number of aromatic nitrogens is 2. The highest BCUT2D eigenvalue weighted by Crippen LogP contribution is 2.26. The molecule has 4 heteroatoms. The average molecular weight is 248 g/mol. The van der Waals surface area contributed by atoms with E-state index in [-0.39, 0.29) is 0 Å². The highest BCUT2D eigenvalue weighted by atomic mass is 15.1. The average Bonchev–Trinajstić information content (AvgIpc) is 2.86. The molecule has 1 saturated carbocycles. The molecule has 1 heterocycles. The topological polar surface area (TPSA) is 49.8 Å². The first kappa shape index (κ1) is 13.1. The van der Waals surface area contributed by atoms with Gasteiger partial charge in [-0.25, -0.2) is 9.97 Å². The van der Waals surface area contributed by atoms with E-state index in [2.05, 4.69) is 34.4 Å². The number of nitrogens with zero attached hydrogens (tertiary/aromatic N) is 2. The molecule has 0 aliphatic heterocycles. The van der Waals surface area contributed by atoms with E-state index in [0.717, 1.165) is 31.0 Å². The van der Waals surface area contributed by atoms with E-state index in [9.17, 15) is 0 Å². The van der Waals surface area contributed by atoms with Gasteiger partial charge in [0.15, 0.2) is 0 Å². The first-order valence-electron chi connectivity index (χ1n) is 7.19. The largest absolute Gasteiger partial charge is 0.370 e. The van der Waals surface area contributed by atoms with Crippen LogP contribution in [0.1, 0.15) is 51.5 Å². The first-order chi connectivity index (χ1) is 8.85. The quantitative estimate of drug-likeness (QED) is 0.811. The maximum Gasteiger partial charge on any atom is 0.134 e. The van der Waals surface area contributed by atoms with Gasteiger partial charge in [0.2, 0.25) is 0 Å². The van der Waals surface area contributed by atoms with Crippen LogP contribution >= 0.6 is 0 Å². The van der Waals surface area contributed by atoms with E-state index in [1.54, 1.807) is 6.33 Å². The molecule has 1 aliphatic rings. The molecule has 0 aromatic carbocycles. The lowest BCUT2D eigenvalue weighted by Gasteiger charge is -2.18. The lowest BCUT2D eigenvalue weighted by Crippen LogP contribution is -2.18. The molecule has 2 N–H and O–H groups in total. The van der Waals surface area contributed by atoms with Crippen LogP contribution in [0.25, 0.3) is 0 Å². The van der Waals surface area contributed by atoms with Crippen molar-refractivity contribution in [1.82, 2.24) is 9.97 Å². The van der Waals surface area contributed by atoms with Crippen LogP contribution in [-0.4, -0.2) is 22.6 Å². The van der Waals surface area contributed by atoms with E-state index in [4.69, 9.17) is 0 Å². The Bertz CT molecular complexity index is 372. The Kier molecular flexibility index (Phi) is 4.79. The summed E-state index contributed by atoms with van der Waals surface area (Å²) in [6, 6.07) is 0.602. The predicted octanol–water partition coefficient (Wildman–Crippen LogP) is 3.22. The zero-order valence-electron chi connectivity index (χ0n) is 11.5. The molecule has 100 valence electrons. The van der Waals surface area contributed by atoms with Gasteiger partial charge < -0.3 is 10.6 Å². The zero-order valence-corrected chi connectivity index (χ0v) is 11.5. The number of hydrogen-bond acceptors (Lipinski definition) is 4. The Hall–Kier alpha value is -1.32. The van der Waals surface area contributed by atoms with Crippen molar-refractivity contribution in [3.63, 3.8) is 0 Å². The van der Waals surface area contributed by atoms with Crippen molar-refractivity contribution in [1.29, 1.82) is 0 Å². The molecule has 18 heavy (non-hydrogen) atoms. The third-order valence-electron chi connectivity index (χ3n) is 3.49. The first-order valence-corrected chi connectivity index (χ1v) is 7.19. The maximum absolute atomic E-state index is 4.44. The molecule has 1 aromatic rings. The fraction of sp³-hybridized carbons (Fsp3) is 0.714. The highest BCUT2D eigenvalue weighted by Gasteiger charge is 2.18. The van der Waals surface area contributed by atoms with E-state index in [0.29, 0.717) is 6.04 Å². The summed E-state index contributed by atoms with van der Waals surface area (Å²) in [5, 5.41) is 6.94. The molecular weight excluding hydrogens is 224 g/mol. The Labute approximate surface area is 110 Å². The molecule has 2 rings (SSSR count). The summed E-state index contributed by atoms with van der Waals surface area (Å²) >= 11 is 0. The number of hydrogen-bond donors (Lipinski definition) is 2. The van der Waals surface area contributed by atoms with Gasteiger partial charge >= 0.3 is 0 Å². The van der Waals surface area contributed by atoms with Crippen LogP contribution in [0.5, 0.6) is 0 Å². The van der Waals surface area contributed by atoms with Crippen LogP contribution in [-0.2, 0) is 6.42 Å². The van der Waals surface area contributed by atoms with Gasteiger partial charge in [-0.3, -0.25) is 0 Å². The molecule has 0 atom stereocenters. The molecule has 1 aromatic heterocycles. The summed E-state index contributed by atoms with van der Waals surface area (Å²) in [7, 11) is 0. The predicted molar refractivity (Wildman–Crippen MR) is 76.1 cm³/mol. The minimum Gasteiger partial charge on any atom is -0.370 e. The normalized spacial score (nSPS) is 15.9. The van der Waals surface area contributed by atoms with Gasteiger partial charge in [-0.2, -0.15) is 0 Å². The van der Waals surface area contributed by atoms with E-state index < -0.39 is 0 Å². The fourth-order valence-corrected chi connectivity index (χ4v) is 2.61. The molecule has 0 saturated heterocycles. The molecule has 1 fully saturated rings. The summed E-state index contributed by atoms with van der Waals surface area (Å²) < 4.78 is 0. The summed E-state index contributed by atoms with van der Waals surface area (Å²) in [6.45, 7) is 5.20. The van der Waals surface area contributed by atoms with Gasteiger partial charge in [0.25, 0.3) is 0 Å². The van der Waals surface area contributed by atoms with Gasteiger partial charge in [0.05, 0.1) is 0 Å². The van der Waals surface area contributed by atoms with Crippen LogP contribution in [0.3, 0.4) is 0 Å². The molecule has 0 amide bonds. The molecule has 4 nitrogen and oxygen atoms in total. The monoisotopic (exact) mass is 248 g/mol. The highest BCUT2D eigenvalue weighted by molar-refractivity contribution is 5.57. The minimum absolute atomic E-state index is 0.602. The third-order valence-corrected chi connectivity index (χ3v) is 3.49. The second-order valence-corrected chi connectivity index (χ2v) is 4.96. The lowest BCUT2D eigenvalue weighted by molar-refractivity contribution is 0.744. The van der Waals surface area contributed by atoms with Crippen LogP contribution in [0.2, 0.25) is 0 Å². The zero-order chi connectivity index (χ0) is 12.8. The number of nitrogens with one attached hydrogen (secondary N) is 2. The molecule has 1 aliphatic carbocycles. The van der Waals surface area contributed by atoms with Crippen molar-refractivity contribution in [3.05, 3.63) is 11.9 Å². The second-order valence-electron chi connectivity index (χ2n) is 4.96. The minimum atomic E-state index is 0.602. The molecule has 0 bridgehead atoms. The maximum atomic E-state index is 4.44. The Morgan fingerprint density at radius 3 is 2.56 bits per heavy atom. The van der Waals surface area contributed by atoms with Crippen LogP contribution < -0.4 is 10.6 Å².